The molecule has 1 heterocycles. The van der Waals surface area contributed by atoms with Crippen LogP contribution >= 0.6 is 0 Å². The zero-order valence-electron chi connectivity index (χ0n) is 27.8. The highest BCUT2D eigenvalue weighted by molar-refractivity contribution is 5.84. The molecule has 0 amide bonds. The molecule has 0 unspecified atom stereocenters. The molecular weight excluding hydrogens is 532 g/mol. The third kappa shape index (κ3) is 9.16. The average Bonchev–Trinajstić information content (AvgIpc) is 3.58. The van der Waals surface area contributed by atoms with Crippen LogP contribution in [0.3, 0.4) is 0 Å². The average molecular weight is 585 g/mol. The predicted molar refractivity (Wildman–Crippen MR) is 194 cm³/mol. The van der Waals surface area contributed by atoms with Gasteiger partial charge in [-0.25, -0.2) is 0 Å². The van der Waals surface area contributed by atoms with Gasteiger partial charge in [0, 0.05) is 23.9 Å². The summed E-state index contributed by atoms with van der Waals surface area (Å²) in [4.78, 5) is 4.47. The lowest BCUT2D eigenvalue weighted by Crippen LogP contribution is -2.32. The molecule has 1 N–H and O–H groups in total. The second kappa shape index (κ2) is 17.2. The van der Waals surface area contributed by atoms with Gasteiger partial charge in [-0.05, 0) is 91.5 Å². The van der Waals surface area contributed by atoms with Crippen molar-refractivity contribution in [3.05, 3.63) is 161 Å². The van der Waals surface area contributed by atoms with E-state index in [9.17, 15) is 0 Å². The quantitative estimate of drug-likeness (QED) is 0.274. The van der Waals surface area contributed by atoms with Gasteiger partial charge < -0.3 is 5.32 Å². The van der Waals surface area contributed by atoms with Crippen molar-refractivity contribution in [1.82, 2.24) is 5.32 Å². The van der Waals surface area contributed by atoms with E-state index in [0.29, 0.717) is 0 Å². The molecule has 1 aliphatic carbocycles. The smallest absolute Gasteiger partial charge is 0.0600 e. The summed E-state index contributed by atoms with van der Waals surface area (Å²) in [5.74, 6) is 0. The minimum Gasteiger partial charge on any atom is -0.384 e. The van der Waals surface area contributed by atoms with Crippen molar-refractivity contribution in [2.24, 2.45) is 4.99 Å². The van der Waals surface area contributed by atoms with E-state index in [1.54, 1.807) is 0 Å². The number of benzene rings is 3. The maximum atomic E-state index is 4.47. The Balaban J connectivity index is 0.000000232. The molecular formula is C42H52N2. The molecule has 3 aromatic carbocycles. The van der Waals surface area contributed by atoms with Crippen LogP contribution in [0.4, 0.5) is 0 Å². The maximum absolute atomic E-state index is 4.47. The Labute approximate surface area is 267 Å². The number of hydrogen-bond donors (Lipinski definition) is 1. The summed E-state index contributed by atoms with van der Waals surface area (Å²) in [6.07, 6.45) is 12.6. The van der Waals surface area contributed by atoms with Crippen LogP contribution in [-0.4, -0.2) is 12.8 Å². The van der Waals surface area contributed by atoms with Gasteiger partial charge in [0.15, 0.2) is 0 Å². The fraction of sp³-hybridized carbons (Fsp3) is 0.310. The van der Waals surface area contributed by atoms with E-state index in [2.05, 4.69) is 156 Å². The van der Waals surface area contributed by atoms with Crippen molar-refractivity contribution in [3.63, 3.8) is 0 Å². The highest BCUT2D eigenvalue weighted by Gasteiger charge is 2.38. The molecule has 0 radical (unpaired) electrons. The third-order valence-electron chi connectivity index (χ3n) is 8.78. The Hall–Kier alpha value is -4.17. The number of hydrogen-bond acceptors (Lipinski definition) is 2. The molecule has 0 saturated heterocycles. The van der Waals surface area contributed by atoms with E-state index in [-0.39, 0.29) is 5.41 Å². The van der Waals surface area contributed by atoms with Crippen molar-refractivity contribution in [1.29, 1.82) is 0 Å². The monoisotopic (exact) mass is 584 g/mol. The standard InChI is InChI=1S/C22H27N.C18H21N.C2H4/c1-3-19-11-13-20(14-12-19)17-23-18(2)22(15-7-8-16-22)21-9-5-4-6-10-21;1-13-9-17(18-8-6-5-7-14(18)2)10-15(3)16(4)12-19-11-13;1-2/h4-6,9-14,23H,2-3,7-8,15-17H2,1H3;5-10,12H,11H2,1-4H3;1-2H2/b;13-9-,16-15+,17-10+,19-12?;. The Morgan fingerprint density at radius 2 is 1.39 bits per heavy atom. The van der Waals surface area contributed by atoms with E-state index in [4.69, 9.17) is 0 Å². The van der Waals surface area contributed by atoms with E-state index in [1.807, 2.05) is 6.21 Å². The first-order valence-electron chi connectivity index (χ1n) is 16.0. The van der Waals surface area contributed by atoms with Crippen molar-refractivity contribution in [2.75, 3.05) is 6.54 Å². The van der Waals surface area contributed by atoms with Crippen LogP contribution in [-0.2, 0) is 18.4 Å². The summed E-state index contributed by atoms with van der Waals surface area (Å²) in [7, 11) is 0. The van der Waals surface area contributed by atoms with Crippen LogP contribution < -0.4 is 5.32 Å². The Bertz CT molecular complexity index is 1480. The molecule has 1 aliphatic heterocycles. The first kappa shape index (κ1) is 34.3. The van der Waals surface area contributed by atoms with Crippen molar-refractivity contribution >= 4 is 11.8 Å². The number of allylic oxidation sites excluding steroid dienone is 6. The van der Waals surface area contributed by atoms with E-state index in [1.165, 1.54) is 81.5 Å². The summed E-state index contributed by atoms with van der Waals surface area (Å²) in [6.45, 7) is 22.8. The van der Waals surface area contributed by atoms with E-state index < -0.39 is 0 Å². The van der Waals surface area contributed by atoms with E-state index >= 15 is 0 Å². The zero-order chi connectivity index (χ0) is 32.0. The highest BCUT2D eigenvalue weighted by atomic mass is 14.9. The molecule has 44 heavy (non-hydrogen) atoms. The highest BCUT2D eigenvalue weighted by Crippen LogP contribution is 2.45. The van der Waals surface area contributed by atoms with Gasteiger partial charge in [0.25, 0.3) is 0 Å². The van der Waals surface area contributed by atoms with Gasteiger partial charge in [0.2, 0.25) is 0 Å². The number of rotatable bonds is 7. The van der Waals surface area contributed by atoms with Gasteiger partial charge in [-0.1, -0.05) is 123 Å². The number of aliphatic imine (C=N–C) groups is 1. The van der Waals surface area contributed by atoms with Gasteiger partial charge in [0.1, 0.15) is 0 Å². The van der Waals surface area contributed by atoms with Gasteiger partial charge in [-0.2, -0.15) is 0 Å². The molecule has 0 atom stereocenters. The summed E-state index contributed by atoms with van der Waals surface area (Å²) in [5, 5.41) is 3.62. The Morgan fingerprint density at radius 1 is 0.773 bits per heavy atom. The second-order valence-corrected chi connectivity index (χ2v) is 11.9. The first-order chi connectivity index (χ1) is 21.3. The van der Waals surface area contributed by atoms with Crippen molar-refractivity contribution in [3.8, 4) is 0 Å². The predicted octanol–water partition coefficient (Wildman–Crippen LogP) is 10.9. The van der Waals surface area contributed by atoms with Gasteiger partial charge >= 0.3 is 0 Å². The fourth-order valence-electron chi connectivity index (χ4n) is 5.95. The van der Waals surface area contributed by atoms with Gasteiger partial charge in [-0.3, -0.25) is 4.99 Å². The Morgan fingerprint density at radius 3 is 2.02 bits per heavy atom. The molecule has 2 nitrogen and oxygen atoms in total. The molecule has 2 heteroatoms. The molecule has 0 aromatic heterocycles. The molecule has 230 valence electrons. The SMILES string of the molecule is C/C1=C/C(c2ccccc2C)=C\C(C)=C(/C)C=NC1.C=C.C=C(NCc1ccc(CC)cc1)C1(c2ccccc2)CCCC1. The number of aryl methyl sites for hydroxylation is 2. The zero-order valence-corrected chi connectivity index (χ0v) is 27.8. The van der Waals surface area contributed by atoms with Crippen molar-refractivity contribution < 1.29 is 0 Å². The summed E-state index contributed by atoms with van der Waals surface area (Å²) in [6, 6.07) is 28.3. The maximum Gasteiger partial charge on any atom is 0.0600 e. The molecule has 3 aromatic rings. The molecule has 1 saturated carbocycles. The minimum absolute atomic E-state index is 0.116. The topological polar surface area (TPSA) is 24.4 Å². The van der Waals surface area contributed by atoms with Crippen LogP contribution in [0.25, 0.3) is 5.57 Å². The van der Waals surface area contributed by atoms with Crippen LogP contribution in [0.1, 0.15) is 81.2 Å². The molecule has 5 rings (SSSR count). The summed E-state index contributed by atoms with van der Waals surface area (Å²) < 4.78 is 0. The van der Waals surface area contributed by atoms with Gasteiger partial charge in [-0.15, -0.1) is 13.2 Å². The van der Waals surface area contributed by atoms with Crippen LogP contribution in [0.2, 0.25) is 0 Å². The molecule has 0 bridgehead atoms. The lowest BCUT2D eigenvalue weighted by atomic mass is 9.76. The largest absolute Gasteiger partial charge is 0.384 e. The number of nitrogens with one attached hydrogen (secondary N) is 1. The third-order valence-corrected chi connectivity index (χ3v) is 8.78. The summed E-state index contributed by atoms with van der Waals surface area (Å²) >= 11 is 0. The number of nitrogens with zero attached hydrogens (tertiary/aromatic N) is 1. The van der Waals surface area contributed by atoms with Crippen LogP contribution in [0, 0.1) is 6.92 Å². The van der Waals surface area contributed by atoms with Crippen LogP contribution in [0.15, 0.2) is 138 Å². The van der Waals surface area contributed by atoms with Gasteiger partial charge in [0.05, 0.1) is 6.54 Å². The minimum atomic E-state index is 0.116. The normalized spacial score (nSPS) is 19.7. The first-order valence-corrected chi connectivity index (χ1v) is 16.0. The van der Waals surface area contributed by atoms with E-state index in [0.717, 1.165) is 19.5 Å². The molecule has 0 spiro atoms. The lowest BCUT2D eigenvalue weighted by molar-refractivity contribution is 0.481. The fourth-order valence-corrected chi connectivity index (χ4v) is 5.95. The lowest BCUT2D eigenvalue weighted by Gasteiger charge is -2.33. The van der Waals surface area contributed by atoms with Crippen LogP contribution in [0.5, 0.6) is 0 Å². The van der Waals surface area contributed by atoms with Crippen molar-refractivity contribution in [2.45, 2.75) is 78.7 Å². The molecule has 2 aliphatic rings. The Kier molecular flexibility index (Phi) is 13.4. The summed E-state index contributed by atoms with van der Waals surface area (Å²) in [5.41, 5.74) is 13.1. The second-order valence-electron chi connectivity index (χ2n) is 11.9. The molecule has 1 fully saturated rings.